The van der Waals surface area contributed by atoms with Gasteiger partial charge in [-0.2, -0.15) is 4.31 Å². The summed E-state index contributed by atoms with van der Waals surface area (Å²) in [5.74, 6) is 0.197. The van der Waals surface area contributed by atoms with E-state index in [1.165, 1.54) is 34.6 Å². The van der Waals surface area contributed by atoms with Gasteiger partial charge in [0.2, 0.25) is 10.0 Å². The van der Waals surface area contributed by atoms with E-state index in [4.69, 9.17) is 27.9 Å². The van der Waals surface area contributed by atoms with Gasteiger partial charge in [0, 0.05) is 61.4 Å². The quantitative estimate of drug-likeness (QED) is 0.436. The Hall–Kier alpha value is -1.95. The van der Waals surface area contributed by atoms with Gasteiger partial charge in [-0.05, 0) is 37.1 Å². The van der Waals surface area contributed by atoms with Crippen molar-refractivity contribution in [2.45, 2.75) is 17.7 Å². The summed E-state index contributed by atoms with van der Waals surface area (Å²) < 4.78 is 34.1. The van der Waals surface area contributed by atoms with Gasteiger partial charge in [0.15, 0.2) is 0 Å². The Labute approximate surface area is 196 Å². The van der Waals surface area contributed by atoms with Crippen molar-refractivity contribution < 1.29 is 18.1 Å². The molecule has 0 aromatic heterocycles. The fraction of sp³-hybridized carbons (Fsp3) is 0.400. The first-order valence-corrected chi connectivity index (χ1v) is 12.4. The molecule has 0 bridgehead atoms. The molecule has 0 N–H and O–H groups in total. The van der Waals surface area contributed by atoms with Crippen LogP contribution < -0.4 is 4.74 Å². The number of sulfonamides is 1. The van der Waals surface area contributed by atoms with Gasteiger partial charge in [-0.25, -0.2) is 18.4 Å². The lowest BCUT2D eigenvalue weighted by atomic mass is 10.3. The highest BCUT2D eigenvalue weighted by Gasteiger charge is 2.34. The van der Waals surface area contributed by atoms with Gasteiger partial charge in [0.1, 0.15) is 16.4 Å². The summed E-state index contributed by atoms with van der Waals surface area (Å²) in [6.07, 6.45) is 2.28. The van der Waals surface area contributed by atoms with Gasteiger partial charge < -0.3 is 4.74 Å². The maximum atomic E-state index is 13.5. The summed E-state index contributed by atoms with van der Waals surface area (Å²) in [6, 6.07) is 8.00. The van der Waals surface area contributed by atoms with E-state index in [1.807, 2.05) is 0 Å². The van der Waals surface area contributed by atoms with Crippen LogP contribution in [0.5, 0.6) is 11.5 Å². The third-order valence-corrected chi connectivity index (χ3v) is 7.87. The Morgan fingerprint density at radius 3 is 2.06 bits per heavy atom. The molecule has 4 rings (SSSR count). The van der Waals surface area contributed by atoms with E-state index in [0.717, 1.165) is 32.0 Å². The van der Waals surface area contributed by atoms with Crippen LogP contribution in [-0.4, -0.2) is 66.9 Å². The standard InChI is InChI=1S/C20H22Cl2N4O5S/c21-15-11-16(22)13-18(12-15)31-19-4-3-17(26(27)28)14-20(19)32(29,30)25-9-7-24(8-10-25)23-5-1-2-6-23/h3-4,11-14H,1-2,5-10H2. The average molecular weight is 501 g/mol. The second kappa shape index (κ2) is 9.50. The normalized spacial score (nSPS) is 18.7. The molecule has 0 unspecified atom stereocenters. The van der Waals surface area contributed by atoms with Crippen LogP contribution in [0.2, 0.25) is 10.0 Å². The predicted molar refractivity (Wildman–Crippen MR) is 121 cm³/mol. The third-order valence-electron chi connectivity index (χ3n) is 5.52. The van der Waals surface area contributed by atoms with E-state index < -0.39 is 14.9 Å². The summed E-state index contributed by atoms with van der Waals surface area (Å²) in [4.78, 5) is 10.4. The first kappa shape index (κ1) is 23.2. The number of ether oxygens (including phenoxy) is 1. The van der Waals surface area contributed by atoms with Crippen molar-refractivity contribution in [3.05, 3.63) is 56.6 Å². The number of nitro benzene ring substituents is 1. The highest BCUT2D eigenvalue weighted by molar-refractivity contribution is 7.89. The van der Waals surface area contributed by atoms with Crippen LogP contribution >= 0.6 is 23.2 Å². The molecule has 0 saturated carbocycles. The van der Waals surface area contributed by atoms with Crippen molar-refractivity contribution in [1.82, 2.24) is 14.3 Å². The van der Waals surface area contributed by atoms with E-state index in [2.05, 4.69) is 10.0 Å². The zero-order chi connectivity index (χ0) is 22.9. The van der Waals surface area contributed by atoms with E-state index in [9.17, 15) is 18.5 Å². The summed E-state index contributed by atoms with van der Waals surface area (Å²) in [5.41, 5.74) is -0.337. The molecule has 2 aliphatic heterocycles. The zero-order valence-corrected chi connectivity index (χ0v) is 19.4. The maximum absolute atomic E-state index is 13.5. The number of rotatable bonds is 6. The van der Waals surface area contributed by atoms with Crippen LogP contribution in [0.25, 0.3) is 0 Å². The Bertz CT molecular complexity index is 1100. The number of nitrogens with zero attached hydrogens (tertiary/aromatic N) is 4. The monoisotopic (exact) mass is 500 g/mol. The van der Waals surface area contributed by atoms with E-state index >= 15 is 0 Å². The minimum Gasteiger partial charge on any atom is -0.456 e. The number of nitro groups is 1. The fourth-order valence-electron chi connectivity index (χ4n) is 3.93. The molecule has 2 aliphatic rings. The van der Waals surface area contributed by atoms with Crippen LogP contribution in [0.1, 0.15) is 12.8 Å². The molecule has 0 aliphatic carbocycles. The van der Waals surface area contributed by atoms with Crippen LogP contribution in [0.3, 0.4) is 0 Å². The van der Waals surface area contributed by atoms with Gasteiger partial charge in [0.25, 0.3) is 5.69 Å². The molecule has 0 atom stereocenters. The SMILES string of the molecule is O=[N+]([O-])c1ccc(Oc2cc(Cl)cc(Cl)c2)c(S(=O)(=O)N2CCN(N3CCCC3)CC2)c1. The largest absolute Gasteiger partial charge is 0.456 e. The topological polar surface area (TPSA) is 96.2 Å². The predicted octanol–water partition coefficient (Wildman–Crippen LogP) is 4.01. The number of hydrogen-bond acceptors (Lipinski definition) is 7. The number of hydrazine groups is 1. The molecule has 0 spiro atoms. The molecule has 172 valence electrons. The maximum Gasteiger partial charge on any atom is 0.271 e. The van der Waals surface area contributed by atoms with Crippen molar-refractivity contribution in [1.29, 1.82) is 0 Å². The van der Waals surface area contributed by atoms with Gasteiger partial charge in [-0.1, -0.05) is 23.2 Å². The number of piperazine rings is 1. The Balaban J connectivity index is 1.62. The summed E-state index contributed by atoms with van der Waals surface area (Å²) in [7, 11) is -4.04. The highest BCUT2D eigenvalue weighted by atomic mass is 35.5. The van der Waals surface area contributed by atoms with Gasteiger partial charge in [-0.3, -0.25) is 10.1 Å². The van der Waals surface area contributed by atoms with E-state index in [1.54, 1.807) is 0 Å². The Kier molecular flexibility index (Phi) is 6.89. The van der Waals surface area contributed by atoms with Gasteiger partial charge in [0.05, 0.1) is 4.92 Å². The van der Waals surface area contributed by atoms with Crippen LogP contribution in [-0.2, 0) is 10.0 Å². The first-order valence-electron chi connectivity index (χ1n) is 10.2. The minimum absolute atomic E-state index is 0.0316. The van der Waals surface area contributed by atoms with Crippen molar-refractivity contribution in [3.63, 3.8) is 0 Å². The molecule has 0 amide bonds. The van der Waals surface area contributed by atoms with Gasteiger partial charge >= 0.3 is 0 Å². The van der Waals surface area contributed by atoms with Gasteiger partial charge in [-0.15, -0.1) is 0 Å². The molecule has 2 saturated heterocycles. The number of hydrogen-bond donors (Lipinski definition) is 0. The molecule has 2 fully saturated rings. The molecule has 2 aromatic rings. The minimum atomic E-state index is -4.04. The third kappa shape index (κ3) is 5.00. The molecule has 0 radical (unpaired) electrons. The van der Waals surface area contributed by atoms with Crippen LogP contribution in [0.15, 0.2) is 41.3 Å². The number of halogens is 2. The van der Waals surface area contributed by atoms with Crippen LogP contribution in [0.4, 0.5) is 5.69 Å². The van der Waals surface area contributed by atoms with E-state index in [-0.39, 0.29) is 35.2 Å². The smallest absolute Gasteiger partial charge is 0.271 e. The molecule has 2 heterocycles. The molecule has 12 heteroatoms. The molecular weight excluding hydrogens is 479 g/mol. The van der Waals surface area contributed by atoms with Crippen molar-refractivity contribution in [2.24, 2.45) is 0 Å². The number of non-ortho nitro benzene ring substituents is 1. The molecular formula is C20H22Cl2N4O5S. The summed E-state index contributed by atoms with van der Waals surface area (Å²) >= 11 is 12.0. The summed E-state index contributed by atoms with van der Waals surface area (Å²) in [5, 5.41) is 16.4. The van der Waals surface area contributed by atoms with Crippen molar-refractivity contribution in [2.75, 3.05) is 39.3 Å². The Morgan fingerprint density at radius 2 is 1.47 bits per heavy atom. The lowest BCUT2D eigenvalue weighted by Gasteiger charge is -2.38. The molecule has 9 nitrogen and oxygen atoms in total. The van der Waals surface area contributed by atoms with Crippen LogP contribution in [0, 0.1) is 10.1 Å². The lowest BCUT2D eigenvalue weighted by Crippen LogP contribution is -2.54. The fourth-order valence-corrected chi connectivity index (χ4v) is 6.00. The molecule has 32 heavy (non-hydrogen) atoms. The highest BCUT2D eigenvalue weighted by Crippen LogP contribution is 2.36. The average Bonchev–Trinajstić information content (AvgIpc) is 3.28. The first-order chi connectivity index (χ1) is 15.2. The van der Waals surface area contributed by atoms with Crippen molar-refractivity contribution in [3.8, 4) is 11.5 Å². The Morgan fingerprint density at radius 1 is 0.875 bits per heavy atom. The second-order valence-corrected chi connectivity index (χ2v) is 10.4. The lowest BCUT2D eigenvalue weighted by molar-refractivity contribution is -0.385. The second-order valence-electron chi connectivity index (χ2n) is 7.61. The van der Waals surface area contributed by atoms with E-state index in [0.29, 0.717) is 23.1 Å². The van der Waals surface area contributed by atoms with Crippen molar-refractivity contribution >= 4 is 38.9 Å². The summed E-state index contributed by atoms with van der Waals surface area (Å²) in [6.45, 7) is 3.66. The molecule has 2 aromatic carbocycles. The zero-order valence-electron chi connectivity index (χ0n) is 17.1. The number of benzene rings is 2.